The Kier molecular flexibility index (Phi) is 5.84. The summed E-state index contributed by atoms with van der Waals surface area (Å²) in [5.41, 5.74) is 1.12. The van der Waals surface area contributed by atoms with Crippen LogP contribution in [0.25, 0.3) is 5.69 Å². The van der Waals surface area contributed by atoms with Crippen molar-refractivity contribution in [2.75, 3.05) is 26.3 Å². The van der Waals surface area contributed by atoms with Crippen LogP contribution in [0.1, 0.15) is 16.2 Å². The molecule has 1 fully saturated rings. The molecule has 0 radical (unpaired) electrons. The first-order valence-corrected chi connectivity index (χ1v) is 10.8. The Morgan fingerprint density at radius 3 is 2.43 bits per heavy atom. The smallest absolute Gasteiger partial charge is 0.251 e. The number of nitrogens with zero attached hydrogens (tertiary/aromatic N) is 5. The van der Waals surface area contributed by atoms with Gasteiger partial charge in [0.2, 0.25) is 10.0 Å². The zero-order valence-corrected chi connectivity index (χ0v) is 16.8. The van der Waals surface area contributed by atoms with Crippen LogP contribution in [0.2, 0.25) is 0 Å². The van der Waals surface area contributed by atoms with Crippen molar-refractivity contribution < 1.29 is 17.9 Å². The number of benzene rings is 2. The van der Waals surface area contributed by atoms with Crippen LogP contribution in [-0.2, 0) is 21.3 Å². The fraction of sp³-hybridized carbons (Fsp3) is 0.263. The van der Waals surface area contributed by atoms with Crippen molar-refractivity contribution in [2.24, 2.45) is 0 Å². The molecule has 1 aliphatic rings. The summed E-state index contributed by atoms with van der Waals surface area (Å²) in [6.07, 6.45) is 0. The minimum Gasteiger partial charge on any atom is -0.379 e. The lowest BCUT2D eigenvalue weighted by atomic mass is 10.2. The van der Waals surface area contributed by atoms with E-state index in [-0.39, 0.29) is 17.3 Å². The monoisotopic (exact) mass is 428 g/mol. The summed E-state index contributed by atoms with van der Waals surface area (Å²) in [7, 11) is -3.60. The van der Waals surface area contributed by atoms with Crippen LogP contribution >= 0.6 is 0 Å². The van der Waals surface area contributed by atoms with E-state index in [2.05, 4.69) is 20.8 Å². The normalized spacial score (nSPS) is 15.1. The molecule has 1 aromatic heterocycles. The summed E-state index contributed by atoms with van der Waals surface area (Å²) in [5.74, 6) is 0.119. The molecule has 2 heterocycles. The lowest BCUT2D eigenvalue weighted by Gasteiger charge is -2.26. The Morgan fingerprint density at radius 2 is 1.73 bits per heavy atom. The number of aromatic nitrogens is 4. The Balaban J connectivity index is 1.42. The average Bonchev–Trinajstić information content (AvgIpc) is 3.27. The SMILES string of the molecule is O=C(NCc1nnnn1-c1ccccc1)c1ccc(S(=O)(=O)N2CCOCC2)cc1. The number of rotatable bonds is 6. The first-order chi connectivity index (χ1) is 14.6. The van der Waals surface area contributed by atoms with Crippen molar-refractivity contribution in [1.29, 1.82) is 0 Å². The molecular weight excluding hydrogens is 408 g/mol. The second kappa shape index (κ2) is 8.69. The first-order valence-electron chi connectivity index (χ1n) is 9.34. The number of sulfonamides is 1. The number of hydrogen-bond donors (Lipinski definition) is 1. The van der Waals surface area contributed by atoms with Crippen LogP contribution in [0.4, 0.5) is 0 Å². The average molecular weight is 428 g/mol. The maximum Gasteiger partial charge on any atom is 0.251 e. The van der Waals surface area contributed by atoms with Crippen molar-refractivity contribution in [3.8, 4) is 5.69 Å². The quantitative estimate of drug-likeness (QED) is 0.611. The van der Waals surface area contributed by atoms with E-state index in [1.54, 1.807) is 0 Å². The van der Waals surface area contributed by atoms with Crippen LogP contribution in [0.5, 0.6) is 0 Å². The van der Waals surface area contributed by atoms with Crippen LogP contribution in [0, 0.1) is 0 Å². The third kappa shape index (κ3) is 4.22. The molecular formula is C19H20N6O4S. The first kappa shape index (κ1) is 20.1. The van der Waals surface area contributed by atoms with Gasteiger partial charge in [0.15, 0.2) is 5.82 Å². The Labute approximate surface area is 173 Å². The topological polar surface area (TPSA) is 119 Å². The molecule has 30 heavy (non-hydrogen) atoms. The predicted octanol–water partition coefficient (Wildman–Crippen LogP) is 0.613. The zero-order valence-electron chi connectivity index (χ0n) is 16.0. The molecule has 1 aliphatic heterocycles. The molecule has 0 aliphatic carbocycles. The highest BCUT2D eigenvalue weighted by Gasteiger charge is 2.26. The van der Waals surface area contributed by atoms with E-state index in [0.717, 1.165) is 5.69 Å². The van der Waals surface area contributed by atoms with Crippen LogP contribution in [-0.4, -0.2) is 65.1 Å². The van der Waals surface area contributed by atoms with Crippen molar-refractivity contribution in [2.45, 2.75) is 11.4 Å². The number of ether oxygens (including phenoxy) is 1. The van der Waals surface area contributed by atoms with Gasteiger partial charge in [0.05, 0.1) is 30.3 Å². The minimum absolute atomic E-state index is 0.120. The van der Waals surface area contributed by atoms with Crippen LogP contribution in [0.15, 0.2) is 59.5 Å². The summed E-state index contributed by atoms with van der Waals surface area (Å²) in [6, 6.07) is 15.2. The number of para-hydroxylation sites is 1. The number of amides is 1. The van der Waals surface area contributed by atoms with Gasteiger partial charge in [-0.2, -0.15) is 8.99 Å². The summed E-state index contributed by atoms with van der Waals surface area (Å²) in [5, 5.41) is 14.3. The summed E-state index contributed by atoms with van der Waals surface area (Å²) in [4.78, 5) is 12.6. The predicted molar refractivity (Wildman–Crippen MR) is 106 cm³/mol. The highest BCUT2D eigenvalue weighted by atomic mass is 32.2. The molecule has 4 rings (SSSR count). The van der Waals surface area contributed by atoms with Gasteiger partial charge in [-0.25, -0.2) is 8.42 Å². The highest BCUT2D eigenvalue weighted by molar-refractivity contribution is 7.89. The van der Waals surface area contributed by atoms with Crippen molar-refractivity contribution in [3.63, 3.8) is 0 Å². The second-order valence-electron chi connectivity index (χ2n) is 6.57. The van der Waals surface area contributed by atoms with Gasteiger partial charge in [0.1, 0.15) is 0 Å². The standard InChI is InChI=1S/C19H20N6O4S/c26-19(20-14-18-21-22-23-25(18)16-4-2-1-3-5-16)15-6-8-17(9-7-15)30(27,28)24-10-12-29-13-11-24/h1-9H,10-14H2,(H,20,26). The van der Waals surface area contributed by atoms with Crippen molar-refractivity contribution >= 4 is 15.9 Å². The number of carbonyl (C=O) groups excluding carboxylic acids is 1. The van der Waals surface area contributed by atoms with E-state index in [9.17, 15) is 13.2 Å². The van der Waals surface area contributed by atoms with Crippen molar-refractivity contribution in [1.82, 2.24) is 29.8 Å². The zero-order chi connectivity index (χ0) is 21.0. The number of hydrogen-bond acceptors (Lipinski definition) is 7. The van der Waals surface area contributed by atoms with Gasteiger partial charge in [-0.1, -0.05) is 18.2 Å². The number of carbonyl (C=O) groups is 1. The van der Waals surface area contributed by atoms with Gasteiger partial charge < -0.3 is 10.1 Å². The fourth-order valence-corrected chi connectivity index (χ4v) is 4.47. The van der Waals surface area contributed by atoms with E-state index in [0.29, 0.717) is 37.7 Å². The molecule has 1 saturated heterocycles. The third-order valence-corrected chi connectivity index (χ3v) is 6.58. The van der Waals surface area contributed by atoms with Crippen molar-refractivity contribution in [3.05, 3.63) is 66.0 Å². The number of nitrogens with one attached hydrogen (secondary N) is 1. The minimum atomic E-state index is -3.60. The van der Waals surface area contributed by atoms with Gasteiger partial charge in [-0.05, 0) is 46.8 Å². The molecule has 0 spiro atoms. The van der Waals surface area contributed by atoms with Gasteiger partial charge in [0.25, 0.3) is 5.91 Å². The van der Waals surface area contributed by atoms with Gasteiger partial charge >= 0.3 is 0 Å². The molecule has 1 amide bonds. The molecule has 3 aromatic rings. The Bertz CT molecular complexity index is 1110. The van der Waals surface area contributed by atoms with Gasteiger partial charge in [-0.15, -0.1) is 5.10 Å². The molecule has 0 atom stereocenters. The van der Waals surface area contributed by atoms with E-state index < -0.39 is 10.0 Å². The van der Waals surface area contributed by atoms with E-state index >= 15 is 0 Å². The summed E-state index contributed by atoms with van der Waals surface area (Å²) in [6.45, 7) is 1.51. The molecule has 0 unspecified atom stereocenters. The molecule has 10 nitrogen and oxygen atoms in total. The molecule has 156 valence electrons. The summed E-state index contributed by atoms with van der Waals surface area (Å²) >= 11 is 0. The van der Waals surface area contributed by atoms with E-state index in [1.807, 2.05) is 30.3 Å². The van der Waals surface area contributed by atoms with Gasteiger partial charge in [0, 0.05) is 18.7 Å². The number of tetrazole rings is 1. The van der Waals surface area contributed by atoms with E-state index in [4.69, 9.17) is 4.74 Å². The molecule has 1 N–H and O–H groups in total. The van der Waals surface area contributed by atoms with E-state index in [1.165, 1.54) is 33.3 Å². The molecule has 0 bridgehead atoms. The third-order valence-electron chi connectivity index (χ3n) is 4.67. The molecule has 11 heteroatoms. The molecule has 2 aromatic carbocycles. The lowest BCUT2D eigenvalue weighted by Crippen LogP contribution is -2.40. The highest BCUT2D eigenvalue weighted by Crippen LogP contribution is 2.18. The Morgan fingerprint density at radius 1 is 1.03 bits per heavy atom. The summed E-state index contributed by atoms with van der Waals surface area (Å²) < 4.78 is 33.5. The number of morpholine rings is 1. The molecule has 0 saturated carbocycles. The van der Waals surface area contributed by atoms with Crippen LogP contribution in [0.3, 0.4) is 0 Å². The largest absolute Gasteiger partial charge is 0.379 e. The Hall–Kier alpha value is -3.15. The maximum absolute atomic E-state index is 12.7. The fourth-order valence-electron chi connectivity index (χ4n) is 3.06. The maximum atomic E-state index is 12.7. The van der Waals surface area contributed by atoms with Crippen LogP contribution < -0.4 is 5.32 Å². The second-order valence-corrected chi connectivity index (χ2v) is 8.50. The lowest BCUT2D eigenvalue weighted by molar-refractivity contribution is 0.0730. The van der Waals surface area contributed by atoms with Gasteiger partial charge in [-0.3, -0.25) is 4.79 Å².